The van der Waals surface area contributed by atoms with Crippen LogP contribution in [0.3, 0.4) is 0 Å². The van der Waals surface area contributed by atoms with Crippen LogP contribution in [-0.4, -0.2) is 112 Å². The van der Waals surface area contributed by atoms with Crippen molar-refractivity contribution in [1.29, 1.82) is 0 Å². The number of aliphatic hydroxyl groups excluding tert-OH is 4. The van der Waals surface area contributed by atoms with Crippen molar-refractivity contribution >= 4 is 21.6 Å². The van der Waals surface area contributed by atoms with Gasteiger partial charge in [-0.1, -0.05) is 60.1 Å². The van der Waals surface area contributed by atoms with Crippen LogP contribution in [0.15, 0.2) is 24.3 Å². The van der Waals surface area contributed by atoms with E-state index in [1.165, 1.54) is 48.6 Å². The minimum absolute atomic E-state index is 0.0488. The number of nitrogens with one attached hydrogen (secondary N) is 1. The lowest BCUT2D eigenvalue weighted by Crippen LogP contribution is -2.50. The first kappa shape index (κ1) is 52.2. The largest absolute Gasteiger partial charge is 0.504 e. The van der Waals surface area contributed by atoms with Gasteiger partial charge in [0.25, 0.3) is 0 Å². The van der Waals surface area contributed by atoms with E-state index in [1.54, 1.807) is 18.2 Å². The molecule has 0 saturated heterocycles. The fourth-order valence-corrected chi connectivity index (χ4v) is 15.4. The highest BCUT2D eigenvalue weighted by Crippen LogP contribution is 2.57. The average molecular weight is 970 g/mol. The summed E-state index contributed by atoms with van der Waals surface area (Å²) in [5, 5.41) is 81.5. The van der Waals surface area contributed by atoms with Gasteiger partial charge in [0.1, 0.15) is 6.79 Å². The van der Waals surface area contributed by atoms with Gasteiger partial charge in [0.15, 0.2) is 23.0 Å². The number of rotatable bonds is 13. The lowest BCUT2D eigenvalue weighted by Gasteiger charge is -2.53. The number of phenols is 2. The third-order valence-corrected chi connectivity index (χ3v) is 19.0. The van der Waals surface area contributed by atoms with Crippen molar-refractivity contribution in [3.05, 3.63) is 41.0 Å². The third kappa shape index (κ3) is 13.0. The Hall–Kier alpha value is -2.58. The van der Waals surface area contributed by atoms with E-state index in [4.69, 9.17) is 18.9 Å². The van der Waals surface area contributed by atoms with E-state index in [-0.39, 0.29) is 65.0 Å². The van der Waals surface area contributed by atoms with Gasteiger partial charge in [-0.25, -0.2) is 0 Å². The predicted molar refractivity (Wildman–Crippen MR) is 265 cm³/mol. The summed E-state index contributed by atoms with van der Waals surface area (Å²) in [6, 6.07) is 7.09. The Morgan fingerprint density at radius 2 is 1.64 bits per heavy atom. The lowest BCUT2D eigenvalue weighted by atomic mass is 9.51. The number of benzene rings is 2. The fraction of sp³-hybridized carbons (Fsp3) is 0.736. The number of aryl methyl sites for hydroxylation is 1. The van der Waals surface area contributed by atoms with Crippen molar-refractivity contribution in [3.8, 4) is 40.6 Å². The van der Waals surface area contributed by atoms with Gasteiger partial charge in [0.05, 0.1) is 44.2 Å². The highest BCUT2D eigenvalue weighted by atomic mass is 33.1. The Morgan fingerprint density at radius 3 is 2.37 bits per heavy atom. The van der Waals surface area contributed by atoms with Gasteiger partial charge < -0.3 is 60.0 Å². The highest BCUT2D eigenvalue weighted by molar-refractivity contribution is 8.76. The van der Waals surface area contributed by atoms with Crippen LogP contribution < -0.4 is 19.5 Å². The predicted octanol–water partition coefficient (Wildman–Crippen LogP) is 8.23. The first-order chi connectivity index (χ1) is 32.4. The zero-order chi connectivity index (χ0) is 47.6. The SMILES string of the molecule is COc1cc(C[C@H]2[C@H](O)C[C@@H](OCO)CCc3cc(O[C@@H]4CC[C@H]5CNCCC#C[C@@]6(C[C@@H](C)CC[C@@H]6CCC6(O)CCCCC6)[C@@H]5C4)c(O)cc3[C@H](CCO)SSC[C@@H]2O)cc(OC)c1O. The van der Waals surface area contributed by atoms with E-state index >= 15 is 0 Å². The smallest absolute Gasteiger partial charge is 0.200 e. The molecule has 12 nitrogen and oxygen atoms in total. The molecule has 8 N–H and O–H groups in total. The molecular formula is C53H79NO11S2. The Balaban J connectivity index is 1.14. The molecule has 3 saturated carbocycles. The monoisotopic (exact) mass is 970 g/mol. The molecule has 3 fully saturated rings. The van der Waals surface area contributed by atoms with Crippen molar-refractivity contribution in [2.75, 3.05) is 46.5 Å². The second kappa shape index (κ2) is 24.5. The van der Waals surface area contributed by atoms with Crippen LogP contribution in [0.25, 0.3) is 0 Å². The Bertz CT molecular complexity index is 1930. The number of ether oxygens (including phenoxy) is 4. The van der Waals surface area contributed by atoms with E-state index in [1.807, 2.05) is 6.07 Å². The number of fused-ring (bicyclic) bond motifs is 3. The van der Waals surface area contributed by atoms with Crippen LogP contribution in [-0.2, 0) is 17.6 Å². The number of aromatic hydroxyl groups is 2. The zero-order valence-electron chi connectivity index (χ0n) is 40.1. The molecule has 2 aliphatic heterocycles. The van der Waals surface area contributed by atoms with Gasteiger partial charge >= 0.3 is 0 Å². The lowest BCUT2D eigenvalue weighted by molar-refractivity contribution is -0.0808. The minimum Gasteiger partial charge on any atom is -0.504 e. The summed E-state index contributed by atoms with van der Waals surface area (Å²) in [7, 11) is 5.88. The molecule has 0 amide bonds. The van der Waals surface area contributed by atoms with Gasteiger partial charge in [-0.15, -0.1) is 5.92 Å². The number of methoxy groups -OCH3 is 2. The van der Waals surface area contributed by atoms with E-state index in [9.17, 15) is 35.7 Å². The summed E-state index contributed by atoms with van der Waals surface area (Å²) in [4.78, 5) is 0. The van der Waals surface area contributed by atoms with Crippen molar-refractivity contribution in [3.63, 3.8) is 0 Å². The number of aliphatic hydroxyl groups is 5. The number of hydrogen-bond donors (Lipinski definition) is 8. The molecule has 7 rings (SSSR count). The van der Waals surface area contributed by atoms with Crippen molar-refractivity contribution in [1.82, 2.24) is 5.32 Å². The molecule has 2 aromatic carbocycles. The van der Waals surface area contributed by atoms with E-state index in [0.29, 0.717) is 54.2 Å². The van der Waals surface area contributed by atoms with Crippen molar-refractivity contribution in [2.24, 2.45) is 35.0 Å². The quantitative estimate of drug-likeness (QED) is 0.0544. The van der Waals surface area contributed by atoms with Crippen molar-refractivity contribution < 1.29 is 54.7 Å². The maximum absolute atomic E-state index is 11.9. The van der Waals surface area contributed by atoms with Crippen LogP contribution in [0.5, 0.6) is 28.7 Å². The normalized spacial score (nSPS) is 32.8. The van der Waals surface area contributed by atoms with Crippen LogP contribution in [0, 0.1) is 46.8 Å². The molecule has 374 valence electrons. The molecule has 2 aromatic rings. The molecule has 0 unspecified atom stereocenters. The maximum atomic E-state index is 11.9. The molecule has 0 aromatic heterocycles. The molecule has 0 radical (unpaired) electrons. The minimum atomic E-state index is -1.02. The topological polar surface area (TPSA) is 191 Å². The van der Waals surface area contributed by atoms with Gasteiger partial charge in [-0.3, -0.25) is 0 Å². The maximum Gasteiger partial charge on any atom is 0.200 e. The van der Waals surface area contributed by atoms with Gasteiger partial charge in [0, 0.05) is 41.9 Å². The van der Waals surface area contributed by atoms with Crippen LogP contribution in [0.2, 0.25) is 0 Å². The standard InChI is InChI=1S/C53H79NO11S2/c1-34-9-12-38(15-20-52(61)17-5-4-6-18-52)53(30-34)19-7-8-21-54-31-37-11-14-40(27-43(37)53)65-47-26-36-10-13-39(64-33-56)28-44(57)42(23-35-24-48(62-2)51(60)49(25-35)63-3)46(59)32-66-67-50(16-22-55)41(36)29-45(47)58/h24-26,29,34,37-40,42-44,46,50,54-61H,4-6,8-18,20-23,27-28,30-33H2,1-3H3/t34-,37-,38+,39-,40+,42-,43+,44+,46-,50-,53-/m0/s1. The Labute approximate surface area is 407 Å². The summed E-state index contributed by atoms with van der Waals surface area (Å²) in [6.07, 6.45) is 13.0. The van der Waals surface area contributed by atoms with Gasteiger partial charge in [0.2, 0.25) is 5.75 Å². The molecule has 5 aliphatic rings. The molecule has 11 atom stereocenters. The van der Waals surface area contributed by atoms with Gasteiger partial charge in [-0.2, -0.15) is 0 Å². The summed E-state index contributed by atoms with van der Waals surface area (Å²) < 4.78 is 23.6. The Kier molecular flexibility index (Phi) is 19.1. The molecular weight excluding hydrogens is 891 g/mol. The average Bonchev–Trinajstić information content (AvgIpc) is 3.40. The van der Waals surface area contributed by atoms with Crippen molar-refractivity contribution in [2.45, 2.75) is 164 Å². The first-order valence-electron chi connectivity index (χ1n) is 25.3. The second-order valence-corrected chi connectivity index (χ2v) is 23.2. The van der Waals surface area contributed by atoms with Gasteiger partial charge in [-0.05, 0) is 161 Å². The Morgan fingerprint density at radius 1 is 0.866 bits per heavy atom. The zero-order valence-corrected chi connectivity index (χ0v) is 41.8. The summed E-state index contributed by atoms with van der Waals surface area (Å²) >= 11 is 0. The molecule has 1 spiro atoms. The molecule has 14 heteroatoms. The first-order valence-corrected chi connectivity index (χ1v) is 27.6. The molecule has 67 heavy (non-hydrogen) atoms. The van der Waals surface area contributed by atoms with E-state index < -0.39 is 36.6 Å². The number of phenolic OH excluding ortho intramolecular Hbond substituents is 2. The van der Waals surface area contributed by atoms with Crippen LogP contribution in [0.4, 0.5) is 0 Å². The highest BCUT2D eigenvalue weighted by Gasteiger charge is 2.52. The van der Waals surface area contributed by atoms with E-state index in [2.05, 4.69) is 24.1 Å². The van der Waals surface area contributed by atoms with Crippen LogP contribution >= 0.6 is 21.6 Å². The second-order valence-electron chi connectivity index (χ2n) is 20.6. The van der Waals surface area contributed by atoms with Crippen LogP contribution in [0.1, 0.15) is 138 Å². The summed E-state index contributed by atoms with van der Waals surface area (Å²) in [5.41, 5.74) is 1.77. The molecule has 2 heterocycles. The number of hydrogen-bond acceptors (Lipinski definition) is 14. The molecule has 0 bridgehead atoms. The third-order valence-electron chi connectivity index (χ3n) is 16.2. The fourth-order valence-electron chi connectivity index (χ4n) is 12.5. The summed E-state index contributed by atoms with van der Waals surface area (Å²) in [5.74, 6) is 9.80. The molecule has 3 aliphatic carbocycles. The van der Waals surface area contributed by atoms with E-state index in [0.717, 1.165) is 101 Å². The summed E-state index contributed by atoms with van der Waals surface area (Å²) in [6.45, 7) is 3.60.